The van der Waals surface area contributed by atoms with E-state index in [-0.39, 0.29) is 16.7 Å². The van der Waals surface area contributed by atoms with Gasteiger partial charge < -0.3 is 10.2 Å². The molecule has 0 aliphatic rings. The Morgan fingerprint density at radius 1 is 1.09 bits per heavy atom. The van der Waals surface area contributed by atoms with Crippen LogP contribution in [-0.4, -0.2) is 51.8 Å². The maximum atomic E-state index is 13.2. The summed E-state index contributed by atoms with van der Waals surface area (Å²) in [7, 11) is 0. The van der Waals surface area contributed by atoms with Crippen molar-refractivity contribution in [3.05, 3.63) is 70.5 Å². The largest absolute Gasteiger partial charge is 0.355 e. The smallest absolute Gasteiger partial charge is 0.262 e. The van der Waals surface area contributed by atoms with Gasteiger partial charge in [0.25, 0.3) is 5.56 Å². The monoisotopic (exact) mass is 466 g/mol. The van der Waals surface area contributed by atoms with Crippen LogP contribution in [0.25, 0.3) is 10.9 Å². The Morgan fingerprint density at radius 2 is 1.79 bits per heavy atom. The molecule has 3 rings (SSSR count). The van der Waals surface area contributed by atoms with Crippen molar-refractivity contribution in [2.45, 2.75) is 50.6 Å². The van der Waals surface area contributed by atoms with E-state index in [0.29, 0.717) is 29.1 Å². The lowest BCUT2D eigenvalue weighted by molar-refractivity contribution is -0.120. The van der Waals surface area contributed by atoms with Crippen LogP contribution in [0, 0.1) is 0 Å². The normalized spacial score (nSPS) is 12.2. The maximum absolute atomic E-state index is 13.2. The zero-order valence-corrected chi connectivity index (χ0v) is 20.6. The molecule has 1 atom stereocenters. The van der Waals surface area contributed by atoms with Gasteiger partial charge in [0.1, 0.15) is 0 Å². The summed E-state index contributed by atoms with van der Waals surface area (Å²) in [4.78, 5) is 33.1. The fourth-order valence-corrected chi connectivity index (χ4v) is 4.72. The van der Waals surface area contributed by atoms with Crippen LogP contribution < -0.4 is 10.9 Å². The van der Waals surface area contributed by atoms with E-state index < -0.39 is 0 Å². The molecule has 0 bridgehead atoms. The van der Waals surface area contributed by atoms with Crippen molar-refractivity contribution < 1.29 is 4.79 Å². The summed E-state index contributed by atoms with van der Waals surface area (Å²) < 4.78 is 1.74. The van der Waals surface area contributed by atoms with Crippen molar-refractivity contribution >= 4 is 28.6 Å². The minimum absolute atomic E-state index is 0.0423. The van der Waals surface area contributed by atoms with Gasteiger partial charge in [-0.05, 0) is 57.1 Å². The standard InChI is InChI=1S/C26H34N4O2S/c1-4-29(5-2)18-11-19-30-25(32)22-14-9-10-15-23(22)28-26(30)33-20(3)24(31)27-17-16-21-12-7-6-8-13-21/h6-10,12-15,20H,4-5,11,16-19H2,1-3H3,(H,27,31). The highest BCUT2D eigenvalue weighted by molar-refractivity contribution is 8.00. The number of hydrogen-bond donors (Lipinski definition) is 1. The Bertz CT molecular complexity index is 1100. The first-order valence-corrected chi connectivity index (χ1v) is 12.6. The van der Waals surface area contributed by atoms with Crippen molar-refractivity contribution in [2.75, 3.05) is 26.2 Å². The van der Waals surface area contributed by atoms with Gasteiger partial charge in [-0.3, -0.25) is 14.2 Å². The Morgan fingerprint density at radius 3 is 2.52 bits per heavy atom. The van der Waals surface area contributed by atoms with Crippen LogP contribution in [0.3, 0.4) is 0 Å². The van der Waals surface area contributed by atoms with E-state index in [9.17, 15) is 9.59 Å². The van der Waals surface area contributed by atoms with E-state index in [1.165, 1.54) is 17.3 Å². The minimum atomic E-state index is -0.358. The number of rotatable bonds is 12. The molecule has 1 amide bonds. The minimum Gasteiger partial charge on any atom is -0.355 e. The van der Waals surface area contributed by atoms with Gasteiger partial charge in [0.05, 0.1) is 16.2 Å². The molecule has 0 radical (unpaired) electrons. The van der Waals surface area contributed by atoms with Crippen molar-refractivity contribution in [1.82, 2.24) is 19.8 Å². The summed E-state index contributed by atoms with van der Waals surface area (Å²) >= 11 is 1.35. The van der Waals surface area contributed by atoms with E-state index in [1.54, 1.807) is 4.57 Å². The molecule has 1 N–H and O–H groups in total. The van der Waals surface area contributed by atoms with Crippen molar-refractivity contribution in [3.63, 3.8) is 0 Å². The number of carbonyl (C=O) groups is 1. The third-order valence-electron chi connectivity index (χ3n) is 5.78. The highest BCUT2D eigenvalue weighted by Gasteiger charge is 2.19. The molecule has 0 aliphatic heterocycles. The van der Waals surface area contributed by atoms with Crippen LogP contribution in [0.1, 0.15) is 32.8 Å². The lowest BCUT2D eigenvalue weighted by Gasteiger charge is -2.20. The first kappa shape index (κ1) is 25.0. The third kappa shape index (κ3) is 6.92. The van der Waals surface area contributed by atoms with E-state index in [0.717, 1.165) is 32.5 Å². The second kappa shape index (κ2) is 12.6. The number of aromatic nitrogens is 2. The van der Waals surface area contributed by atoms with Crippen LogP contribution in [-0.2, 0) is 17.8 Å². The van der Waals surface area contributed by atoms with Gasteiger partial charge in [-0.1, -0.05) is 68.1 Å². The zero-order valence-electron chi connectivity index (χ0n) is 19.8. The van der Waals surface area contributed by atoms with Gasteiger partial charge in [-0.15, -0.1) is 0 Å². The van der Waals surface area contributed by atoms with Crippen LogP contribution in [0.2, 0.25) is 0 Å². The van der Waals surface area contributed by atoms with Crippen LogP contribution in [0.4, 0.5) is 0 Å². The predicted molar refractivity (Wildman–Crippen MR) is 137 cm³/mol. The molecule has 0 saturated heterocycles. The summed E-state index contributed by atoms with van der Waals surface area (Å²) in [5.41, 5.74) is 1.82. The van der Waals surface area contributed by atoms with Crippen molar-refractivity contribution in [2.24, 2.45) is 0 Å². The van der Waals surface area contributed by atoms with E-state index >= 15 is 0 Å². The summed E-state index contributed by atoms with van der Waals surface area (Å²) in [6.07, 6.45) is 1.64. The average Bonchev–Trinajstić information content (AvgIpc) is 2.84. The average molecular weight is 467 g/mol. The van der Waals surface area contributed by atoms with Gasteiger partial charge in [0, 0.05) is 13.1 Å². The fraction of sp³-hybridized carbons (Fsp3) is 0.423. The summed E-state index contributed by atoms with van der Waals surface area (Å²) in [6.45, 7) is 10.2. The lowest BCUT2D eigenvalue weighted by Crippen LogP contribution is -2.33. The molecule has 2 aromatic carbocycles. The highest BCUT2D eigenvalue weighted by Crippen LogP contribution is 2.23. The van der Waals surface area contributed by atoms with Crippen molar-refractivity contribution in [1.29, 1.82) is 0 Å². The molecule has 0 saturated carbocycles. The number of thioether (sulfide) groups is 1. The molecule has 1 unspecified atom stereocenters. The number of amides is 1. The van der Waals surface area contributed by atoms with E-state index in [4.69, 9.17) is 4.98 Å². The van der Waals surface area contributed by atoms with Gasteiger partial charge in [-0.2, -0.15) is 0 Å². The number of hydrogen-bond acceptors (Lipinski definition) is 5. The number of nitrogens with zero attached hydrogens (tertiary/aromatic N) is 3. The van der Waals surface area contributed by atoms with Gasteiger partial charge in [0.2, 0.25) is 5.91 Å². The number of benzene rings is 2. The molecular formula is C26H34N4O2S. The highest BCUT2D eigenvalue weighted by atomic mass is 32.2. The van der Waals surface area contributed by atoms with Gasteiger partial charge >= 0.3 is 0 Å². The first-order valence-electron chi connectivity index (χ1n) is 11.7. The number of carbonyl (C=O) groups excluding carboxylic acids is 1. The fourth-order valence-electron chi connectivity index (χ4n) is 3.76. The molecule has 6 nitrogen and oxygen atoms in total. The Labute approximate surface area is 200 Å². The molecule has 1 aromatic heterocycles. The van der Waals surface area contributed by atoms with E-state index in [1.807, 2.05) is 49.4 Å². The maximum Gasteiger partial charge on any atom is 0.262 e. The third-order valence-corrected chi connectivity index (χ3v) is 6.87. The zero-order chi connectivity index (χ0) is 23.6. The quantitative estimate of drug-likeness (QED) is 0.323. The summed E-state index contributed by atoms with van der Waals surface area (Å²) in [6, 6.07) is 17.5. The molecule has 0 spiro atoms. The van der Waals surface area contributed by atoms with Gasteiger partial charge in [0.15, 0.2) is 5.16 Å². The Kier molecular flexibility index (Phi) is 9.51. The lowest BCUT2D eigenvalue weighted by atomic mass is 10.1. The van der Waals surface area contributed by atoms with Crippen molar-refractivity contribution in [3.8, 4) is 0 Å². The van der Waals surface area contributed by atoms with E-state index in [2.05, 4.69) is 36.2 Å². The molecule has 176 valence electrons. The number of nitrogens with one attached hydrogen (secondary N) is 1. The molecule has 33 heavy (non-hydrogen) atoms. The molecule has 0 aliphatic carbocycles. The van der Waals surface area contributed by atoms with Crippen LogP contribution >= 0.6 is 11.8 Å². The second-order valence-corrected chi connectivity index (χ2v) is 9.34. The number of fused-ring (bicyclic) bond motifs is 1. The Balaban J connectivity index is 1.71. The second-order valence-electron chi connectivity index (χ2n) is 8.04. The summed E-state index contributed by atoms with van der Waals surface area (Å²) in [5, 5.41) is 3.87. The molecule has 0 fully saturated rings. The number of para-hydroxylation sites is 1. The Hall–Kier alpha value is -2.64. The SMILES string of the molecule is CCN(CC)CCCn1c(SC(C)C(=O)NCCc2ccccc2)nc2ccccc2c1=O. The predicted octanol–water partition coefficient (Wildman–Crippen LogP) is 3.97. The molecule has 3 aromatic rings. The van der Waals surface area contributed by atoms with Gasteiger partial charge in [-0.25, -0.2) is 4.98 Å². The molecule has 7 heteroatoms. The van der Waals surface area contributed by atoms with Crippen LogP contribution in [0.15, 0.2) is 64.5 Å². The molecular weight excluding hydrogens is 432 g/mol. The topological polar surface area (TPSA) is 67.2 Å². The first-order chi connectivity index (χ1) is 16.0. The summed E-state index contributed by atoms with van der Waals surface area (Å²) in [5.74, 6) is -0.0481. The molecule has 1 heterocycles. The van der Waals surface area contributed by atoms with Crippen LogP contribution in [0.5, 0.6) is 0 Å².